The lowest BCUT2D eigenvalue weighted by atomic mass is 9.82. The third-order valence-electron chi connectivity index (χ3n) is 6.55. The average Bonchev–Trinajstić information content (AvgIpc) is 3.20. The number of carbonyl (C=O) groups is 2. The second kappa shape index (κ2) is 11.8. The van der Waals surface area contributed by atoms with E-state index in [0.29, 0.717) is 24.3 Å². The Morgan fingerprint density at radius 3 is 2.54 bits per heavy atom. The Morgan fingerprint density at radius 2 is 1.86 bits per heavy atom. The predicted molar refractivity (Wildman–Crippen MR) is 144 cm³/mol. The van der Waals surface area contributed by atoms with Crippen LogP contribution in [0.5, 0.6) is 5.75 Å². The summed E-state index contributed by atoms with van der Waals surface area (Å²) < 4.78 is 21.3. The first-order chi connectivity index (χ1) is 17.7. The molecule has 1 aromatic heterocycles. The van der Waals surface area contributed by atoms with E-state index in [0.717, 1.165) is 61.2 Å². The molecule has 37 heavy (non-hydrogen) atoms. The lowest BCUT2D eigenvalue weighted by Gasteiger charge is -2.29. The molecular weight excluding hydrogens is 490 g/mol. The number of ether oxygens (including phenoxy) is 3. The maximum absolute atomic E-state index is 13.6. The third-order valence-corrected chi connectivity index (χ3v) is 7.52. The monoisotopic (exact) mass is 527 g/mol. The minimum absolute atomic E-state index is 0.178. The summed E-state index contributed by atoms with van der Waals surface area (Å²) in [4.78, 5) is 31.4. The molecule has 1 amide bonds. The Bertz CT molecular complexity index is 1130. The van der Waals surface area contributed by atoms with Gasteiger partial charge in [-0.05, 0) is 63.0 Å². The number of hydrogen-bond donors (Lipinski definition) is 0. The van der Waals surface area contributed by atoms with Crippen LogP contribution in [0.4, 0.5) is 0 Å². The van der Waals surface area contributed by atoms with Gasteiger partial charge < -0.3 is 19.1 Å². The topological polar surface area (TPSA) is 81.2 Å². The van der Waals surface area contributed by atoms with Gasteiger partial charge >= 0.3 is 5.97 Å². The zero-order chi connectivity index (χ0) is 26.6. The minimum atomic E-state index is -0.448. The molecule has 9 heteroatoms. The number of nitrogens with zero attached hydrogens (tertiary/aromatic N) is 3. The van der Waals surface area contributed by atoms with Gasteiger partial charge in [-0.15, -0.1) is 0 Å². The van der Waals surface area contributed by atoms with Crippen molar-refractivity contribution >= 4 is 29.0 Å². The molecule has 2 aliphatic heterocycles. The zero-order valence-corrected chi connectivity index (χ0v) is 23.2. The summed E-state index contributed by atoms with van der Waals surface area (Å²) in [6.45, 7) is 15.3. The molecule has 0 unspecified atom stereocenters. The number of morpholine rings is 1. The number of amides is 1. The summed E-state index contributed by atoms with van der Waals surface area (Å²) >= 11 is 1.28. The molecule has 0 spiro atoms. The van der Waals surface area contributed by atoms with Crippen LogP contribution in [0.15, 0.2) is 30.5 Å². The summed E-state index contributed by atoms with van der Waals surface area (Å²) in [6.07, 6.45) is 2.30. The maximum atomic E-state index is 13.6. The highest BCUT2D eigenvalue weighted by molar-refractivity contribution is 7.07. The fourth-order valence-electron chi connectivity index (χ4n) is 4.83. The number of rotatable bonds is 8. The number of aryl methyl sites for hydroxylation is 1. The van der Waals surface area contributed by atoms with Crippen molar-refractivity contribution in [3.05, 3.63) is 52.2 Å². The molecule has 4 rings (SSSR count). The summed E-state index contributed by atoms with van der Waals surface area (Å²) in [6, 6.07) is 7.21. The van der Waals surface area contributed by atoms with E-state index in [1.807, 2.05) is 32.9 Å². The van der Waals surface area contributed by atoms with Gasteiger partial charge in [-0.1, -0.05) is 13.8 Å². The molecule has 0 radical (unpaired) electrons. The first-order valence-electron chi connectivity index (χ1n) is 12.9. The van der Waals surface area contributed by atoms with Gasteiger partial charge in [0.2, 0.25) is 0 Å². The summed E-state index contributed by atoms with van der Waals surface area (Å²) in [5, 5.41) is 0. The molecule has 200 valence electrons. The molecule has 0 atom stereocenters. The van der Waals surface area contributed by atoms with E-state index in [9.17, 15) is 9.59 Å². The molecule has 0 N–H and O–H groups in total. The van der Waals surface area contributed by atoms with E-state index < -0.39 is 11.4 Å². The van der Waals surface area contributed by atoms with Crippen molar-refractivity contribution < 1.29 is 23.8 Å². The van der Waals surface area contributed by atoms with Gasteiger partial charge in [0.15, 0.2) is 0 Å². The van der Waals surface area contributed by atoms with Crippen LogP contribution in [-0.4, -0.2) is 78.2 Å². The largest absolute Gasteiger partial charge is 0.494 e. The second-order valence-electron chi connectivity index (χ2n) is 10.5. The normalized spacial score (nSPS) is 17.7. The third kappa shape index (κ3) is 6.58. The summed E-state index contributed by atoms with van der Waals surface area (Å²) in [7, 11) is 0. The van der Waals surface area contributed by atoms with E-state index in [1.165, 1.54) is 11.5 Å². The Hall–Kier alpha value is -2.75. The van der Waals surface area contributed by atoms with Crippen LogP contribution in [0.2, 0.25) is 0 Å². The number of benzene rings is 1. The Balaban J connectivity index is 1.47. The molecule has 1 saturated heterocycles. The van der Waals surface area contributed by atoms with Crippen molar-refractivity contribution in [2.75, 3.05) is 46.0 Å². The van der Waals surface area contributed by atoms with Crippen molar-refractivity contribution in [2.24, 2.45) is 0 Å². The first-order valence-corrected chi connectivity index (χ1v) is 13.7. The first kappa shape index (κ1) is 27.3. The SMILES string of the molecule is Cc1nsc2c1C(C)(C)CN(C(=O)c1ccc(OCCCN3CCOCC3)cc1)C=C2C(=O)OC(C)C. The molecule has 2 aromatic rings. The maximum Gasteiger partial charge on any atom is 0.341 e. The lowest BCUT2D eigenvalue weighted by Crippen LogP contribution is -2.37. The van der Waals surface area contributed by atoms with Crippen LogP contribution in [0, 0.1) is 6.92 Å². The number of esters is 1. The summed E-state index contributed by atoms with van der Waals surface area (Å²) in [5.41, 5.74) is 2.36. The van der Waals surface area contributed by atoms with E-state index in [-0.39, 0.29) is 12.0 Å². The van der Waals surface area contributed by atoms with Crippen LogP contribution >= 0.6 is 11.5 Å². The quantitative estimate of drug-likeness (QED) is 0.374. The number of hydrogen-bond acceptors (Lipinski definition) is 8. The van der Waals surface area contributed by atoms with Crippen molar-refractivity contribution in [3.63, 3.8) is 0 Å². The predicted octanol–water partition coefficient (Wildman–Crippen LogP) is 4.28. The minimum Gasteiger partial charge on any atom is -0.494 e. The highest BCUT2D eigenvalue weighted by Crippen LogP contribution is 2.40. The Kier molecular flexibility index (Phi) is 8.67. The fraction of sp³-hybridized carbons (Fsp3) is 0.536. The smallest absolute Gasteiger partial charge is 0.341 e. The van der Waals surface area contributed by atoms with E-state index in [1.54, 1.807) is 23.2 Å². The molecule has 0 bridgehead atoms. The second-order valence-corrected chi connectivity index (χ2v) is 11.2. The van der Waals surface area contributed by atoms with Gasteiger partial charge in [0.1, 0.15) is 5.75 Å². The Morgan fingerprint density at radius 1 is 1.16 bits per heavy atom. The van der Waals surface area contributed by atoms with Crippen LogP contribution in [-0.2, 0) is 19.7 Å². The number of fused-ring (bicyclic) bond motifs is 1. The van der Waals surface area contributed by atoms with Crippen LogP contribution < -0.4 is 4.74 Å². The molecule has 8 nitrogen and oxygen atoms in total. The van der Waals surface area contributed by atoms with Gasteiger partial charge in [-0.25, -0.2) is 4.79 Å². The Labute approximate surface area is 223 Å². The van der Waals surface area contributed by atoms with Crippen molar-refractivity contribution in [2.45, 2.75) is 52.6 Å². The van der Waals surface area contributed by atoms with Gasteiger partial charge in [0.25, 0.3) is 5.91 Å². The van der Waals surface area contributed by atoms with Crippen molar-refractivity contribution in [3.8, 4) is 5.75 Å². The van der Waals surface area contributed by atoms with E-state index in [4.69, 9.17) is 14.2 Å². The molecular formula is C28H37N3O5S. The highest BCUT2D eigenvalue weighted by Gasteiger charge is 2.38. The standard InChI is InChI=1S/C28H37N3O5S/c1-19(2)36-27(33)23-17-31(18-28(4,5)24-20(3)29-37-25(23)24)26(32)21-7-9-22(10-8-21)35-14-6-11-30-12-15-34-16-13-30/h7-10,17,19H,6,11-16,18H2,1-5H3. The molecule has 1 aromatic carbocycles. The van der Waals surface area contributed by atoms with Gasteiger partial charge in [0.05, 0.1) is 42.1 Å². The lowest BCUT2D eigenvalue weighted by molar-refractivity contribution is -0.140. The van der Waals surface area contributed by atoms with E-state index >= 15 is 0 Å². The molecule has 0 aliphatic carbocycles. The number of carbonyl (C=O) groups excluding carboxylic acids is 2. The highest BCUT2D eigenvalue weighted by atomic mass is 32.1. The van der Waals surface area contributed by atoms with Crippen molar-refractivity contribution in [1.82, 2.24) is 14.2 Å². The molecule has 1 fully saturated rings. The molecule has 0 saturated carbocycles. The number of aromatic nitrogens is 1. The summed E-state index contributed by atoms with van der Waals surface area (Å²) in [5.74, 6) is 0.106. The molecule has 2 aliphatic rings. The van der Waals surface area contributed by atoms with Gasteiger partial charge in [-0.2, -0.15) is 4.37 Å². The van der Waals surface area contributed by atoms with Gasteiger partial charge in [-0.3, -0.25) is 9.69 Å². The van der Waals surface area contributed by atoms with Gasteiger partial charge in [0, 0.05) is 48.9 Å². The van der Waals surface area contributed by atoms with Crippen molar-refractivity contribution in [1.29, 1.82) is 0 Å². The average molecular weight is 528 g/mol. The zero-order valence-electron chi connectivity index (χ0n) is 22.4. The molecule has 3 heterocycles. The fourth-order valence-corrected chi connectivity index (χ4v) is 5.90. The van der Waals surface area contributed by atoms with E-state index in [2.05, 4.69) is 23.1 Å². The van der Waals surface area contributed by atoms with Crippen LogP contribution in [0.3, 0.4) is 0 Å². The van der Waals surface area contributed by atoms with Crippen LogP contribution in [0.25, 0.3) is 5.57 Å². The van der Waals surface area contributed by atoms with Crippen LogP contribution in [0.1, 0.15) is 60.6 Å².